The van der Waals surface area contributed by atoms with E-state index in [9.17, 15) is 8.78 Å². The summed E-state index contributed by atoms with van der Waals surface area (Å²) in [5.41, 5.74) is 0.525. The Bertz CT molecular complexity index is 400. The summed E-state index contributed by atoms with van der Waals surface area (Å²) in [5.74, 6) is -0.978. The average molecular weight is 185 g/mol. The molecule has 3 nitrogen and oxygen atoms in total. The van der Waals surface area contributed by atoms with Gasteiger partial charge in [0, 0.05) is 0 Å². The Balaban J connectivity index is 2.63. The second-order valence-electron chi connectivity index (χ2n) is 2.53. The van der Waals surface area contributed by atoms with Crippen LogP contribution in [0.1, 0.15) is 5.89 Å². The topological polar surface area (TPSA) is 46.3 Å². The molecule has 13 heavy (non-hydrogen) atoms. The van der Waals surface area contributed by atoms with Gasteiger partial charge in [0.2, 0.25) is 0 Å². The van der Waals surface area contributed by atoms with E-state index in [1.54, 1.807) is 12.1 Å². The molecule has 1 heterocycles. The van der Waals surface area contributed by atoms with Crippen molar-refractivity contribution in [3.05, 3.63) is 30.2 Å². The summed E-state index contributed by atoms with van der Waals surface area (Å²) < 4.78 is 29.2. The monoisotopic (exact) mass is 185 g/mol. The van der Waals surface area contributed by atoms with E-state index >= 15 is 0 Å². The van der Waals surface area contributed by atoms with Crippen LogP contribution in [0.3, 0.4) is 0 Å². The smallest absolute Gasteiger partial charge is 0.431 e. The molecule has 0 saturated carbocycles. The standard InChI is InChI=1S/C8H5F2NO2/c9-8(10,12)7-11-5-3-1-2-4-6(5)13-7/h1-4,12H. The van der Waals surface area contributed by atoms with Gasteiger partial charge in [0.05, 0.1) is 0 Å². The SMILES string of the molecule is OC(F)(F)c1nc2ccccc2o1. The van der Waals surface area contributed by atoms with Crippen molar-refractivity contribution in [2.45, 2.75) is 6.11 Å². The highest BCUT2D eigenvalue weighted by Gasteiger charge is 2.34. The lowest BCUT2D eigenvalue weighted by Gasteiger charge is -2.00. The minimum absolute atomic E-state index is 0.228. The number of rotatable bonds is 1. The van der Waals surface area contributed by atoms with E-state index in [1.807, 2.05) is 0 Å². The first-order chi connectivity index (χ1) is 6.07. The van der Waals surface area contributed by atoms with E-state index in [-0.39, 0.29) is 5.58 Å². The Hall–Kier alpha value is -1.49. The molecule has 68 valence electrons. The van der Waals surface area contributed by atoms with Crippen molar-refractivity contribution in [1.82, 2.24) is 4.98 Å². The lowest BCUT2D eigenvalue weighted by atomic mass is 10.3. The molecule has 0 spiro atoms. The van der Waals surface area contributed by atoms with E-state index in [1.165, 1.54) is 12.1 Å². The predicted octanol–water partition coefficient (Wildman–Crippen LogP) is 1.87. The highest BCUT2D eigenvalue weighted by Crippen LogP contribution is 2.26. The Kier molecular flexibility index (Phi) is 1.56. The van der Waals surface area contributed by atoms with Gasteiger partial charge in [0.25, 0.3) is 5.89 Å². The van der Waals surface area contributed by atoms with Crippen LogP contribution in [0, 0.1) is 0 Å². The molecule has 0 amide bonds. The summed E-state index contributed by atoms with van der Waals surface area (Å²) in [4.78, 5) is 3.42. The van der Waals surface area contributed by atoms with Crippen LogP contribution in [0.5, 0.6) is 0 Å². The van der Waals surface area contributed by atoms with Crippen LogP contribution < -0.4 is 0 Å². The Labute approximate surface area is 71.6 Å². The molecule has 0 radical (unpaired) electrons. The van der Waals surface area contributed by atoms with Crippen LogP contribution in [-0.2, 0) is 6.11 Å². The van der Waals surface area contributed by atoms with Gasteiger partial charge in [-0.3, -0.25) is 0 Å². The van der Waals surface area contributed by atoms with E-state index in [2.05, 4.69) is 9.40 Å². The lowest BCUT2D eigenvalue weighted by molar-refractivity contribution is -0.224. The molecule has 2 rings (SSSR count). The molecule has 1 aromatic carbocycles. The van der Waals surface area contributed by atoms with Crippen LogP contribution in [0.25, 0.3) is 11.1 Å². The highest BCUT2D eigenvalue weighted by atomic mass is 19.3. The molecule has 0 unspecified atom stereocenters. The maximum atomic E-state index is 12.3. The van der Waals surface area contributed by atoms with Gasteiger partial charge in [0.15, 0.2) is 5.58 Å². The zero-order valence-electron chi connectivity index (χ0n) is 6.37. The number of para-hydroxylation sites is 2. The van der Waals surface area contributed by atoms with Crippen molar-refractivity contribution in [3.63, 3.8) is 0 Å². The normalized spacial score (nSPS) is 12.2. The molecule has 0 fully saturated rings. The molecular formula is C8H5F2NO2. The average Bonchev–Trinajstić information content (AvgIpc) is 2.45. The van der Waals surface area contributed by atoms with E-state index < -0.39 is 12.0 Å². The molecule has 1 N–H and O–H groups in total. The summed E-state index contributed by atoms with van der Waals surface area (Å²) in [5, 5.41) is 8.30. The molecule has 0 atom stereocenters. The number of hydrogen-bond donors (Lipinski definition) is 1. The Morgan fingerprint density at radius 1 is 1.31 bits per heavy atom. The third-order valence-electron chi connectivity index (χ3n) is 1.55. The van der Waals surface area contributed by atoms with Crippen molar-refractivity contribution in [2.24, 2.45) is 0 Å². The molecule has 0 aliphatic rings. The van der Waals surface area contributed by atoms with Crippen LogP contribution in [0.2, 0.25) is 0 Å². The second-order valence-corrected chi connectivity index (χ2v) is 2.53. The van der Waals surface area contributed by atoms with Gasteiger partial charge < -0.3 is 9.52 Å². The number of aliphatic hydroxyl groups is 1. The van der Waals surface area contributed by atoms with Crippen molar-refractivity contribution < 1.29 is 18.3 Å². The number of nitrogens with zero attached hydrogens (tertiary/aromatic N) is 1. The summed E-state index contributed by atoms with van der Waals surface area (Å²) >= 11 is 0. The first-order valence-electron chi connectivity index (χ1n) is 3.53. The van der Waals surface area contributed by atoms with Crippen molar-refractivity contribution in [1.29, 1.82) is 0 Å². The third-order valence-corrected chi connectivity index (χ3v) is 1.55. The summed E-state index contributed by atoms with van der Waals surface area (Å²) in [6.07, 6.45) is -4.01. The van der Waals surface area contributed by atoms with Gasteiger partial charge in [-0.2, -0.15) is 8.78 Å². The fourth-order valence-electron chi connectivity index (χ4n) is 1.00. The fraction of sp³-hybridized carbons (Fsp3) is 0.125. The minimum atomic E-state index is -4.01. The van der Waals surface area contributed by atoms with E-state index in [4.69, 9.17) is 5.11 Å². The Morgan fingerprint density at radius 2 is 2.00 bits per heavy atom. The van der Waals surface area contributed by atoms with Gasteiger partial charge in [0.1, 0.15) is 5.52 Å². The molecule has 0 aliphatic carbocycles. The van der Waals surface area contributed by atoms with Crippen molar-refractivity contribution >= 4 is 11.1 Å². The fourth-order valence-corrected chi connectivity index (χ4v) is 1.00. The first-order valence-corrected chi connectivity index (χ1v) is 3.53. The Morgan fingerprint density at radius 3 is 2.62 bits per heavy atom. The maximum absolute atomic E-state index is 12.3. The molecular weight excluding hydrogens is 180 g/mol. The van der Waals surface area contributed by atoms with Gasteiger partial charge in [-0.25, -0.2) is 4.98 Å². The van der Waals surface area contributed by atoms with Crippen molar-refractivity contribution in [2.75, 3.05) is 0 Å². The van der Waals surface area contributed by atoms with Gasteiger partial charge >= 0.3 is 6.11 Å². The first kappa shape index (κ1) is 8.12. The van der Waals surface area contributed by atoms with Crippen LogP contribution >= 0.6 is 0 Å². The minimum Gasteiger partial charge on any atom is -0.433 e. The van der Waals surface area contributed by atoms with E-state index in [0.29, 0.717) is 5.52 Å². The highest BCUT2D eigenvalue weighted by molar-refractivity contribution is 5.72. The molecule has 2 aromatic rings. The zero-order valence-corrected chi connectivity index (χ0v) is 6.37. The molecule has 0 saturated heterocycles. The molecule has 0 bridgehead atoms. The third kappa shape index (κ3) is 1.38. The summed E-state index contributed by atoms with van der Waals surface area (Å²) in [6, 6.07) is 6.29. The number of fused-ring (bicyclic) bond motifs is 1. The predicted molar refractivity (Wildman–Crippen MR) is 40.1 cm³/mol. The number of alkyl halides is 2. The van der Waals surface area contributed by atoms with Crippen LogP contribution in [-0.4, -0.2) is 10.1 Å². The number of halogens is 2. The maximum Gasteiger partial charge on any atom is 0.431 e. The number of aromatic nitrogens is 1. The van der Waals surface area contributed by atoms with Gasteiger partial charge in [-0.15, -0.1) is 0 Å². The second kappa shape index (κ2) is 2.50. The summed E-state index contributed by atoms with van der Waals surface area (Å²) in [6.45, 7) is 0. The summed E-state index contributed by atoms with van der Waals surface area (Å²) in [7, 11) is 0. The van der Waals surface area contributed by atoms with Crippen LogP contribution in [0.15, 0.2) is 28.7 Å². The molecule has 1 aromatic heterocycles. The quantitative estimate of drug-likeness (QED) is 0.737. The van der Waals surface area contributed by atoms with Gasteiger partial charge in [-0.05, 0) is 12.1 Å². The van der Waals surface area contributed by atoms with Crippen LogP contribution in [0.4, 0.5) is 8.78 Å². The van der Waals surface area contributed by atoms with E-state index in [0.717, 1.165) is 0 Å². The zero-order chi connectivity index (χ0) is 9.47. The molecule has 0 aliphatic heterocycles. The lowest BCUT2D eigenvalue weighted by Crippen LogP contribution is -2.11. The largest absolute Gasteiger partial charge is 0.433 e. The number of hydrogen-bond acceptors (Lipinski definition) is 3. The molecule has 5 heteroatoms. The van der Waals surface area contributed by atoms with Gasteiger partial charge in [-0.1, -0.05) is 12.1 Å². The number of oxazole rings is 1. The number of benzene rings is 1. The van der Waals surface area contributed by atoms with Crippen molar-refractivity contribution in [3.8, 4) is 0 Å².